The molecule has 0 fully saturated rings. The summed E-state index contributed by atoms with van der Waals surface area (Å²) in [6.45, 7) is 3.40. The highest BCUT2D eigenvalue weighted by Gasteiger charge is 2.08. The van der Waals surface area contributed by atoms with Crippen molar-refractivity contribution >= 4 is 43.5 Å². The van der Waals surface area contributed by atoms with Crippen LogP contribution in [0.3, 0.4) is 0 Å². The second-order valence-electron chi connectivity index (χ2n) is 4.14. The van der Waals surface area contributed by atoms with Gasteiger partial charge < -0.3 is 14.6 Å². The van der Waals surface area contributed by atoms with Gasteiger partial charge in [0.05, 0.1) is 18.0 Å². The Morgan fingerprint density at radius 3 is 2.89 bits per heavy atom. The molecule has 0 amide bonds. The SMILES string of the molecule is COCCn1cc(C)nc1Nc1cc(Br)ccc1Br. The average Bonchev–Trinajstić information content (AvgIpc) is 2.71. The summed E-state index contributed by atoms with van der Waals surface area (Å²) < 4.78 is 9.17. The molecule has 1 N–H and O–H groups in total. The molecule has 0 aliphatic carbocycles. The van der Waals surface area contributed by atoms with Crippen molar-refractivity contribution in [3.8, 4) is 0 Å². The van der Waals surface area contributed by atoms with E-state index in [-0.39, 0.29) is 0 Å². The van der Waals surface area contributed by atoms with E-state index in [1.165, 1.54) is 0 Å². The predicted octanol–water partition coefficient (Wildman–Crippen LogP) is 4.11. The van der Waals surface area contributed by atoms with E-state index in [2.05, 4.69) is 42.2 Å². The van der Waals surface area contributed by atoms with Crippen LogP contribution in [0.1, 0.15) is 5.69 Å². The first-order valence-electron chi connectivity index (χ1n) is 5.85. The van der Waals surface area contributed by atoms with E-state index >= 15 is 0 Å². The molecule has 2 aromatic rings. The number of methoxy groups -OCH3 is 1. The van der Waals surface area contributed by atoms with Crippen LogP contribution in [0.5, 0.6) is 0 Å². The van der Waals surface area contributed by atoms with Crippen molar-refractivity contribution in [3.05, 3.63) is 39.0 Å². The van der Waals surface area contributed by atoms with Crippen molar-refractivity contribution in [2.45, 2.75) is 13.5 Å². The predicted molar refractivity (Wildman–Crippen MR) is 84.0 cm³/mol. The number of aromatic nitrogens is 2. The van der Waals surface area contributed by atoms with E-state index in [4.69, 9.17) is 4.74 Å². The van der Waals surface area contributed by atoms with Crippen LogP contribution in [0.2, 0.25) is 0 Å². The number of rotatable bonds is 5. The van der Waals surface area contributed by atoms with Gasteiger partial charge in [-0.2, -0.15) is 0 Å². The minimum absolute atomic E-state index is 0.657. The molecule has 0 bridgehead atoms. The minimum Gasteiger partial charge on any atom is -0.383 e. The summed E-state index contributed by atoms with van der Waals surface area (Å²) in [7, 11) is 1.70. The number of anilines is 2. The fourth-order valence-corrected chi connectivity index (χ4v) is 2.43. The summed E-state index contributed by atoms with van der Waals surface area (Å²) >= 11 is 6.99. The topological polar surface area (TPSA) is 39.1 Å². The summed E-state index contributed by atoms with van der Waals surface area (Å²) in [5.74, 6) is 0.813. The normalized spacial score (nSPS) is 10.7. The summed E-state index contributed by atoms with van der Waals surface area (Å²) in [5.41, 5.74) is 1.95. The molecule has 2 rings (SSSR count). The van der Waals surface area contributed by atoms with Crippen molar-refractivity contribution in [1.82, 2.24) is 9.55 Å². The van der Waals surface area contributed by atoms with E-state index in [0.29, 0.717) is 6.61 Å². The average molecular weight is 389 g/mol. The Kier molecular flexibility index (Phi) is 5.01. The van der Waals surface area contributed by atoms with Crippen molar-refractivity contribution in [3.63, 3.8) is 0 Å². The third kappa shape index (κ3) is 3.81. The number of imidazole rings is 1. The fraction of sp³-hybridized carbons (Fsp3) is 0.308. The Bertz CT molecular complexity index is 569. The van der Waals surface area contributed by atoms with Gasteiger partial charge in [0, 0.05) is 28.8 Å². The van der Waals surface area contributed by atoms with Gasteiger partial charge >= 0.3 is 0 Å². The van der Waals surface area contributed by atoms with E-state index in [0.717, 1.165) is 32.8 Å². The zero-order valence-electron chi connectivity index (χ0n) is 10.8. The van der Waals surface area contributed by atoms with Crippen molar-refractivity contribution < 1.29 is 4.74 Å². The lowest BCUT2D eigenvalue weighted by molar-refractivity contribution is 0.188. The van der Waals surface area contributed by atoms with Crippen LogP contribution in [0.25, 0.3) is 0 Å². The summed E-state index contributed by atoms with van der Waals surface area (Å²) in [4.78, 5) is 4.49. The molecule has 0 aliphatic heterocycles. The molecular weight excluding hydrogens is 374 g/mol. The number of hydrogen-bond acceptors (Lipinski definition) is 3. The minimum atomic E-state index is 0.657. The van der Waals surface area contributed by atoms with Gasteiger partial charge in [-0.25, -0.2) is 4.98 Å². The third-order valence-electron chi connectivity index (χ3n) is 2.61. The maximum absolute atomic E-state index is 5.11. The Balaban J connectivity index is 2.24. The number of halogens is 2. The molecule has 102 valence electrons. The highest BCUT2D eigenvalue weighted by Crippen LogP contribution is 2.28. The lowest BCUT2D eigenvalue weighted by atomic mass is 10.3. The fourth-order valence-electron chi connectivity index (χ4n) is 1.72. The van der Waals surface area contributed by atoms with Crippen LogP contribution in [-0.4, -0.2) is 23.3 Å². The summed E-state index contributed by atoms with van der Waals surface area (Å²) in [6, 6.07) is 5.98. The van der Waals surface area contributed by atoms with Crippen LogP contribution in [0.4, 0.5) is 11.6 Å². The van der Waals surface area contributed by atoms with Crippen LogP contribution in [-0.2, 0) is 11.3 Å². The number of ether oxygens (including phenoxy) is 1. The van der Waals surface area contributed by atoms with Gasteiger partial charge in [-0.05, 0) is 41.1 Å². The number of nitrogens with zero attached hydrogens (tertiary/aromatic N) is 2. The molecule has 19 heavy (non-hydrogen) atoms. The zero-order valence-corrected chi connectivity index (χ0v) is 14.0. The number of aryl methyl sites for hydroxylation is 1. The molecule has 1 heterocycles. The quantitative estimate of drug-likeness (QED) is 0.837. The molecule has 1 aromatic carbocycles. The largest absolute Gasteiger partial charge is 0.383 e. The first-order valence-corrected chi connectivity index (χ1v) is 7.43. The second-order valence-corrected chi connectivity index (χ2v) is 5.91. The molecular formula is C13H15Br2N3O. The molecule has 0 saturated heterocycles. The molecule has 1 aromatic heterocycles. The highest BCUT2D eigenvalue weighted by atomic mass is 79.9. The third-order valence-corrected chi connectivity index (χ3v) is 3.79. The first-order chi connectivity index (χ1) is 9.10. The highest BCUT2D eigenvalue weighted by molar-refractivity contribution is 9.11. The monoisotopic (exact) mass is 387 g/mol. The maximum Gasteiger partial charge on any atom is 0.207 e. The first kappa shape index (κ1) is 14.6. The Morgan fingerprint density at radius 1 is 1.37 bits per heavy atom. The van der Waals surface area contributed by atoms with Gasteiger partial charge in [0.25, 0.3) is 0 Å². The van der Waals surface area contributed by atoms with Gasteiger partial charge in [-0.1, -0.05) is 15.9 Å². The van der Waals surface area contributed by atoms with Gasteiger partial charge in [-0.15, -0.1) is 0 Å². The van der Waals surface area contributed by atoms with Gasteiger partial charge in [0.1, 0.15) is 0 Å². The standard InChI is InChI=1S/C13H15Br2N3O/c1-9-8-18(5-6-19-2)13(16-9)17-12-7-10(14)3-4-11(12)15/h3-4,7-8H,5-6H2,1-2H3,(H,16,17). The van der Waals surface area contributed by atoms with E-state index in [1.807, 2.05) is 35.9 Å². The van der Waals surface area contributed by atoms with E-state index in [9.17, 15) is 0 Å². The lowest BCUT2D eigenvalue weighted by Crippen LogP contribution is -2.07. The molecule has 0 saturated carbocycles. The molecule has 0 aliphatic rings. The van der Waals surface area contributed by atoms with Gasteiger partial charge in [0.2, 0.25) is 5.95 Å². The second kappa shape index (κ2) is 6.54. The number of benzene rings is 1. The smallest absolute Gasteiger partial charge is 0.207 e. The molecule has 4 nitrogen and oxygen atoms in total. The molecule has 0 unspecified atom stereocenters. The lowest BCUT2D eigenvalue weighted by Gasteiger charge is -2.11. The van der Waals surface area contributed by atoms with Crippen LogP contribution >= 0.6 is 31.9 Å². The Hall–Kier alpha value is -0.850. The Labute approximate surface area is 129 Å². The van der Waals surface area contributed by atoms with Crippen LogP contribution in [0, 0.1) is 6.92 Å². The Morgan fingerprint density at radius 2 is 2.16 bits per heavy atom. The van der Waals surface area contributed by atoms with E-state index < -0.39 is 0 Å². The van der Waals surface area contributed by atoms with E-state index in [1.54, 1.807) is 7.11 Å². The van der Waals surface area contributed by atoms with Gasteiger partial charge in [-0.3, -0.25) is 0 Å². The molecule has 6 heteroatoms. The number of nitrogens with one attached hydrogen (secondary N) is 1. The van der Waals surface area contributed by atoms with Crippen molar-refractivity contribution in [1.29, 1.82) is 0 Å². The zero-order chi connectivity index (χ0) is 13.8. The van der Waals surface area contributed by atoms with Crippen LogP contribution in [0.15, 0.2) is 33.3 Å². The summed E-state index contributed by atoms with van der Waals surface area (Å²) in [6.07, 6.45) is 2.01. The molecule has 0 spiro atoms. The van der Waals surface area contributed by atoms with Crippen LogP contribution < -0.4 is 5.32 Å². The number of hydrogen-bond donors (Lipinski definition) is 1. The molecule has 0 atom stereocenters. The van der Waals surface area contributed by atoms with Crippen molar-refractivity contribution in [2.75, 3.05) is 19.0 Å². The molecule has 0 radical (unpaired) electrons. The van der Waals surface area contributed by atoms with Gasteiger partial charge in [0.15, 0.2) is 0 Å². The van der Waals surface area contributed by atoms with Crippen molar-refractivity contribution in [2.24, 2.45) is 0 Å². The summed E-state index contributed by atoms with van der Waals surface area (Å²) in [5, 5.41) is 3.33. The maximum atomic E-state index is 5.11.